The lowest BCUT2D eigenvalue weighted by Crippen LogP contribution is -2.35. The van der Waals surface area contributed by atoms with Crippen LogP contribution < -0.4 is 5.32 Å². The predicted molar refractivity (Wildman–Crippen MR) is 106 cm³/mol. The van der Waals surface area contributed by atoms with E-state index < -0.39 is 0 Å². The molecule has 1 unspecified atom stereocenters. The normalized spacial score (nSPS) is 16.6. The lowest BCUT2D eigenvalue weighted by Gasteiger charge is -2.15. The fraction of sp³-hybridized carbons (Fsp3) is 0.350. The van der Waals surface area contributed by atoms with Crippen LogP contribution in [0.4, 0.5) is 0 Å². The molecule has 1 atom stereocenters. The number of fused-ring (bicyclic) bond motifs is 2. The third-order valence-corrected chi connectivity index (χ3v) is 5.37. The maximum absolute atomic E-state index is 12.7. The number of nitrogens with one attached hydrogen (secondary N) is 1. The van der Waals surface area contributed by atoms with Gasteiger partial charge in [0.15, 0.2) is 5.82 Å². The van der Waals surface area contributed by atoms with E-state index in [0.29, 0.717) is 5.69 Å². The summed E-state index contributed by atoms with van der Waals surface area (Å²) in [5, 5.41) is 16.1. The van der Waals surface area contributed by atoms with Crippen molar-refractivity contribution in [2.45, 2.75) is 38.8 Å². The highest BCUT2D eigenvalue weighted by atomic mass is 16.2. The van der Waals surface area contributed by atoms with Crippen LogP contribution >= 0.6 is 0 Å². The highest BCUT2D eigenvalue weighted by Crippen LogP contribution is 2.22. The number of hydrogen-bond acceptors (Lipinski definition) is 5. The lowest BCUT2D eigenvalue weighted by atomic mass is 10.1. The van der Waals surface area contributed by atoms with Crippen molar-refractivity contribution >= 4 is 11.6 Å². The average molecular weight is 390 g/mol. The molecule has 0 saturated heterocycles. The van der Waals surface area contributed by atoms with Crippen molar-refractivity contribution in [2.24, 2.45) is 7.05 Å². The van der Waals surface area contributed by atoms with Gasteiger partial charge < -0.3 is 14.3 Å². The van der Waals surface area contributed by atoms with Crippen LogP contribution in [0.15, 0.2) is 36.9 Å². The number of aryl methyl sites for hydroxylation is 3. The van der Waals surface area contributed by atoms with E-state index in [1.54, 1.807) is 17.1 Å². The number of hydrogen-bond donors (Lipinski definition) is 1. The van der Waals surface area contributed by atoms with E-state index in [1.807, 2.05) is 42.9 Å². The largest absolute Gasteiger partial charge is 0.348 e. The maximum Gasteiger partial charge on any atom is 0.271 e. The molecule has 9 nitrogen and oxygen atoms in total. The Bertz CT molecular complexity index is 1200. The molecule has 1 N–H and O–H groups in total. The fourth-order valence-corrected chi connectivity index (χ4v) is 3.85. The summed E-state index contributed by atoms with van der Waals surface area (Å²) in [4.78, 5) is 17.2. The number of nitrogens with zero attached hydrogens (tertiary/aromatic N) is 7. The summed E-state index contributed by atoms with van der Waals surface area (Å²) in [6.07, 6.45) is 9.89. The Hall–Kier alpha value is -3.49. The number of aromatic nitrogens is 7. The number of imidazole rings is 1. The molecule has 148 valence electrons. The van der Waals surface area contributed by atoms with Crippen molar-refractivity contribution in [3.05, 3.63) is 54.0 Å². The first-order valence-electron chi connectivity index (χ1n) is 9.74. The van der Waals surface area contributed by atoms with Crippen molar-refractivity contribution in [3.8, 4) is 11.4 Å². The maximum atomic E-state index is 12.7. The first-order valence-corrected chi connectivity index (χ1v) is 9.74. The van der Waals surface area contributed by atoms with Gasteiger partial charge in [-0.3, -0.25) is 9.48 Å². The molecular weight excluding hydrogens is 368 g/mol. The van der Waals surface area contributed by atoms with Gasteiger partial charge in [0, 0.05) is 44.6 Å². The second kappa shape index (κ2) is 6.84. The Morgan fingerprint density at radius 3 is 2.90 bits per heavy atom. The van der Waals surface area contributed by atoms with E-state index >= 15 is 0 Å². The zero-order valence-corrected chi connectivity index (χ0v) is 16.4. The van der Waals surface area contributed by atoms with E-state index in [9.17, 15) is 4.79 Å². The van der Waals surface area contributed by atoms with Gasteiger partial charge in [0.2, 0.25) is 0 Å². The molecule has 29 heavy (non-hydrogen) atoms. The SMILES string of the molecule is Cc1ccc2nc(C(=O)NC3CCc4nnc(-c5cnn(C)c5)n4CC3)cn2c1. The molecule has 0 radical (unpaired) electrons. The zero-order chi connectivity index (χ0) is 20.0. The minimum absolute atomic E-state index is 0.0671. The number of pyridine rings is 1. The minimum atomic E-state index is -0.137. The summed E-state index contributed by atoms with van der Waals surface area (Å²) in [5.41, 5.74) is 3.29. The van der Waals surface area contributed by atoms with Gasteiger partial charge in [0.25, 0.3) is 5.91 Å². The van der Waals surface area contributed by atoms with E-state index in [4.69, 9.17) is 0 Å². The molecule has 1 amide bonds. The Kier molecular flexibility index (Phi) is 4.15. The Balaban J connectivity index is 1.30. The monoisotopic (exact) mass is 390 g/mol. The molecule has 0 saturated carbocycles. The first kappa shape index (κ1) is 17.6. The molecule has 4 aromatic heterocycles. The highest BCUT2D eigenvalue weighted by Gasteiger charge is 2.23. The smallest absolute Gasteiger partial charge is 0.271 e. The standard InChI is InChI=1S/C20H22N8O/c1-13-3-5-17-23-16(12-27(17)10-13)20(29)22-15-4-6-18-24-25-19(28(18)8-7-15)14-9-21-26(2)11-14/h3,5,9-12,15H,4,6-8H2,1-2H3,(H,22,29). The van der Waals surface area contributed by atoms with Gasteiger partial charge in [-0.05, 0) is 31.4 Å². The van der Waals surface area contributed by atoms with Crippen molar-refractivity contribution < 1.29 is 4.79 Å². The van der Waals surface area contributed by atoms with Crippen molar-refractivity contribution in [1.82, 2.24) is 39.2 Å². The van der Waals surface area contributed by atoms with Gasteiger partial charge in [-0.1, -0.05) is 6.07 Å². The number of carbonyl (C=O) groups excluding carboxylic acids is 1. The van der Waals surface area contributed by atoms with Gasteiger partial charge >= 0.3 is 0 Å². The quantitative estimate of drug-likeness (QED) is 0.575. The summed E-state index contributed by atoms with van der Waals surface area (Å²) in [6.45, 7) is 2.77. The van der Waals surface area contributed by atoms with Crippen LogP contribution in [0.25, 0.3) is 17.0 Å². The second-order valence-electron chi connectivity index (χ2n) is 7.59. The molecule has 0 bridgehead atoms. The van der Waals surface area contributed by atoms with E-state index in [1.165, 1.54) is 0 Å². The summed E-state index contributed by atoms with van der Waals surface area (Å²) in [6, 6.07) is 3.98. The second-order valence-corrected chi connectivity index (χ2v) is 7.59. The van der Waals surface area contributed by atoms with E-state index in [2.05, 4.69) is 30.2 Å². The van der Waals surface area contributed by atoms with Crippen LogP contribution in [0.5, 0.6) is 0 Å². The number of amides is 1. The molecule has 5 heterocycles. The highest BCUT2D eigenvalue weighted by molar-refractivity contribution is 5.93. The average Bonchev–Trinajstić information content (AvgIpc) is 3.38. The summed E-state index contributed by atoms with van der Waals surface area (Å²) in [5.74, 6) is 1.64. The molecule has 4 aromatic rings. The molecule has 0 fully saturated rings. The zero-order valence-electron chi connectivity index (χ0n) is 16.4. The number of rotatable bonds is 3. The first-order chi connectivity index (χ1) is 14.1. The Morgan fingerprint density at radius 2 is 2.07 bits per heavy atom. The fourth-order valence-electron chi connectivity index (χ4n) is 3.85. The van der Waals surface area contributed by atoms with Crippen LogP contribution in [-0.4, -0.2) is 45.9 Å². The van der Waals surface area contributed by atoms with Crippen LogP contribution in [-0.2, 0) is 20.0 Å². The van der Waals surface area contributed by atoms with Crippen molar-refractivity contribution in [2.75, 3.05) is 0 Å². The van der Waals surface area contributed by atoms with Crippen LogP contribution in [0.3, 0.4) is 0 Å². The van der Waals surface area contributed by atoms with E-state index in [-0.39, 0.29) is 11.9 Å². The molecular formula is C20H22N8O. The molecule has 1 aliphatic heterocycles. The van der Waals surface area contributed by atoms with Crippen LogP contribution in [0.2, 0.25) is 0 Å². The van der Waals surface area contributed by atoms with Gasteiger partial charge in [0.1, 0.15) is 17.2 Å². The topological polar surface area (TPSA) is 94.9 Å². The molecule has 5 rings (SSSR count). The van der Waals surface area contributed by atoms with Gasteiger partial charge in [-0.15, -0.1) is 10.2 Å². The number of carbonyl (C=O) groups is 1. The lowest BCUT2D eigenvalue weighted by molar-refractivity contribution is 0.0928. The summed E-state index contributed by atoms with van der Waals surface area (Å²) < 4.78 is 5.78. The van der Waals surface area contributed by atoms with Crippen molar-refractivity contribution in [1.29, 1.82) is 0 Å². The van der Waals surface area contributed by atoms with Gasteiger partial charge in [-0.25, -0.2) is 4.98 Å². The van der Waals surface area contributed by atoms with Crippen LogP contribution in [0.1, 0.15) is 34.7 Å². The third-order valence-electron chi connectivity index (χ3n) is 5.37. The van der Waals surface area contributed by atoms with Gasteiger partial charge in [-0.2, -0.15) is 5.10 Å². The Morgan fingerprint density at radius 1 is 1.17 bits per heavy atom. The predicted octanol–water partition coefficient (Wildman–Crippen LogP) is 1.77. The molecule has 0 aliphatic carbocycles. The van der Waals surface area contributed by atoms with E-state index in [0.717, 1.165) is 54.2 Å². The molecule has 0 spiro atoms. The molecule has 0 aromatic carbocycles. The minimum Gasteiger partial charge on any atom is -0.348 e. The van der Waals surface area contributed by atoms with Crippen molar-refractivity contribution in [3.63, 3.8) is 0 Å². The Labute approximate surface area is 167 Å². The van der Waals surface area contributed by atoms with Crippen LogP contribution in [0, 0.1) is 6.92 Å². The third kappa shape index (κ3) is 3.28. The summed E-state index contributed by atoms with van der Waals surface area (Å²) in [7, 11) is 1.88. The summed E-state index contributed by atoms with van der Waals surface area (Å²) >= 11 is 0. The molecule has 9 heteroatoms. The van der Waals surface area contributed by atoms with Gasteiger partial charge in [0.05, 0.1) is 11.8 Å². The molecule has 1 aliphatic rings.